The lowest BCUT2D eigenvalue weighted by atomic mass is 9.97. The smallest absolute Gasteiger partial charge is 0.409 e. The normalized spacial score (nSPS) is 25.3. The van der Waals surface area contributed by atoms with Gasteiger partial charge in [-0.1, -0.05) is 0 Å². The van der Waals surface area contributed by atoms with E-state index in [1.54, 1.807) is 16.7 Å². The van der Waals surface area contributed by atoms with Crippen molar-refractivity contribution in [2.75, 3.05) is 19.7 Å². The highest BCUT2D eigenvalue weighted by molar-refractivity contribution is 6.35. The fourth-order valence-electron chi connectivity index (χ4n) is 3.61. The molecule has 0 aromatic rings. The van der Waals surface area contributed by atoms with Gasteiger partial charge < -0.3 is 19.9 Å². The Morgan fingerprint density at radius 2 is 1.62 bits per heavy atom. The number of ether oxygens (including phenoxy) is 1. The minimum absolute atomic E-state index is 0.0671. The first kappa shape index (κ1) is 18.5. The van der Waals surface area contributed by atoms with Gasteiger partial charge in [0.15, 0.2) is 0 Å². The number of amides is 3. The molecule has 0 spiro atoms. The lowest BCUT2D eigenvalue weighted by Crippen LogP contribution is -2.55. The van der Waals surface area contributed by atoms with Crippen LogP contribution in [0.3, 0.4) is 0 Å². The highest BCUT2D eigenvalue weighted by atomic mass is 16.6. The highest BCUT2D eigenvalue weighted by Crippen LogP contribution is 2.22. The zero-order chi connectivity index (χ0) is 17.7. The quantitative estimate of drug-likeness (QED) is 0.774. The Bertz CT molecular complexity index is 464. The van der Waals surface area contributed by atoms with Crippen molar-refractivity contribution in [3.63, 3.8) is 0 Å². The van der Waals surface area contributed by atoms with Crippen molar-refractivity contribution >= 4 is 17.9 Å². The molecule has 2 rings (SSSR count). The SMILES string of the molecule is CCOC(=O)N1CCC(NC(=O)C(=O)N2C(C)CCCC2C)CC1. The number of hydrogen-bond acceptors (Lipinski definition) is 4. The van der Waals surface area contributed by atoms with Crippen LogP contribution in [0.5, 0.6) is 0 Å². The summed E-state index contributed by atoms with van der Waals surface area (Å²) >= 11 is 0. The molecule has 3 amide bonds. The fraction of sp³-hybridized carbons (Fsp3) is 0.824. The van der Waals surface area contributed by atoms with E-state index in [0.29, 0.717) is 32.5 Å². The number of hydrogen-bond donors (Lipinski definition) is 1. The van der Waals surface area contributed by atoms with Crippen LogP contribution in [-0.4, -0.2) is 65.5 Å². The Balaban J connectivity index is 1.82. The van der Waals surface area contributed by atoms with E-state index in [9.17, 15) is 14.4 Å². The molecule has 136 valence electrons. The second-order valence-corrected chi connectivity index (χ2v) is 6.78. The van der Waals surface area contributed by atoms with E-state index in [1.807, 2.05) is 13.8 Å². The van der Waals surface area contributed by atoms with Crippen molar-refractivity contribution in [2.45, 2.75) is 71.0 Å². The van der Waals surface area contributed by atoms with Gasteiger partial charge in [0.1, 0.15) is 0 Å². The Morgan fingerprint density at radius 3 is 2.17 bits per heavy atom. The van der Waals surface area contributed by atoms with E-state index < -0.39 is 11.8 Å². The molecule has 2 heterocycles. The van der Waals surface area contributed by atoms with Crippen molar-refractivity contribution in [1.29, 1.82) is 0 Å². The van der Waals surface area contributed by atoms with Gasteiger partial charge >= 0.3 is 17.9 Å². The first-order valence-corrected chi connectivity index (χ1v) is 8.98. The van der Waals surface area contributed by atoms with Crippen LogP contribution < -0.4 is 5.32 Å². The molecule has 2 aliphatic heterocycles. The number of nitrogens with zero attached hydrogens (tertiary/aromatic N) is 2. The first-order chi connectivity index (χ1) is 11.4. The molecule has 0 aromatic carbocycles. The summed E-state index contributed by atoms with van der Waals surface area (Å²) in [5, 5.41) is 2.84. The standard InChI is InChI=1S/C17H29N3O4/c1-4-24-17(23)19-10-8-14(9-11-19)18-15(21)16(22)20-12(2)6-5-7-13(20)3/h12-14H,4-11H2,1-3H3,(H,18,21). The van der Waals surface area contributed by atoms with E-state index in [2.05, 4.69) is 5.32 Å². The van der Waals surface area contributed by atoms with E-state index in [-0.39, 0.29) is 24.2 Å². The van der Waals surface area contributed by atoms with Crippen molar-refractivity contribution in [3.05, 3.63) is 0 Å². The number of carbonyl (C=O) groups is 3. The molecule has 2 aliphatic rings. The Hall–Kier alpha value is -1.79. The van der Waals surface area contributed by atoms with Crippen molar-refractivity contribution < 1.29 is 19.1 Å². The van der Waals surface area contributed by atoms with E-state index >= 15 is 0 Å². The number of carbonyl (C=O) groups excluding carboxylic acids is 3. The minimum atomic E-state index is -0.523. The second kappa shape index (κ2) is 8.35. The molecular weight excluding hydrogens is 310 g/mol. The largest absolute Gasteiger partial charge is 0.450 e. The molecule has 7 nitrogen and oxygen atoms in total. The fourth-order valence-corrected chi connectivity index (χ4v) is 3.61. The van der Waals surface area contributed by atoms with Gasteiger partial charge in [-0.3, -0.25) is 9.59 Å². The maximum atomic E-state index is 12.5. The van der Waals surface area contributed by atoms with Gasteiger partial charge in [-0.2, -0.15) is 0 Å². The van der Waals surface area contributed by atoms with Gasteiger partial charge in [0.05, 0.1) is 6.61 Å². The van der Waals surface area contributed by atoms with Crippen LogP contribution in [-0.2, 0) is 14.3 Å². The van der Waals surface area contributed by atoms with Crippen LogP contribution in [0.4, 0.5) is 4.79 Å². The van der Waals surface area contributed by atoms with Gasteiger partial charge in [-0.05, 0) is 52.9 Å². The van der Waals surface area contributed by atoms with E-state index in [4.69, 9.17) is 4.74 Å². The molecule has 0 aliphatic carbocycles. The molecular formula is C17H29N3O4. The predicted molar refractivity (Wildman–Crippen MR) is 89.4 cm³/mol. The molecule has 0 aromatic heterocycles. The van der Waals surface area contributed by atoms with Crippen LogP contribution in [0.1, 0.15) is 52.9 Å². The van der Waals surface area contributed by atoms with Crippen LogP contribution >= 0.6 is 0 Å². The average molecular weight is 339 g/mol. The van der Waals surface area contributed by atoms with E-state index in [0.717, 1.165) is 19.3 Å². The molecule has 2 saturated heterocycles. The van der Waals surface area contributed by atoms with Gasteiger partial charge in [-0.15, -0.1) is 0 Å². The summed E-state index contributed by atoms with van der Waals surface area (Å²) in [7, 11) is 0. The Morgan fingerprint density at radius 1 is 1.04 bits per heavy atom. The molecule has 7 heteroatoms. The topological polar surface area (TPSA) is 79.0 Å². The molecule has 0 bridgehead atoms. The van der Waals surface area contributed by atoms with Gasteiger partial charge in [0.2, 0.25) is 0 Å². The van der Waals surface area contributed by atoms with Crippen LogP contribution in [0.25, 0.3) is 0 Å². The summed E-state index contributed by atoms with van der Waals surface area (Å²) < 4.78 is 4.98. The lowest BCUT2D eigenvalue weighted by molar-refractivity contribution is -0.150. The lowest BCUT2D eigenvalue weighted by Gasteiger charge is -2.39. The molecule has 2 unspecified atom stereocenters. The van der Waals surface area contributed by atoms with Crippen LogP contribution in [0, 0.1) is 0 Å². The molecule has 0 radical (unpaired) electrons. The summed E-state index contributed by atoms with van der Waals surface area (Å²) in [5.74, 6) is -0.951. The van der Waals surface area contributed by atoms with Gasteiger partial charge in [-0.25, -0.2) is 4.79 Å². The maximum absolute atomic E-state index is 12.5. The third-order valence-electron chi connectivity index (χ3n) is 4.98. The molecule has 2 fully saturated rings. The molecule has 1 N–H and O–H groups in total. The zero-order valence-corrected chi connectivity index (χ0v) is 14.9. The van der Waals surface area contributed by atoms with Crippen LogP contribution in [0.15, 0.2) is 0 Å². The first-order valence-electron chi connectivity index (χ1n) is 8.98. The molecule has 2 atom stereocenters. The summed E-state index contributed by atoms with van der Waals surface area (Å²) in [6.07, 6.45) is 3.96. The van der Waals surface area contributed by atoms with Crippen molar-refractivity contribution in [2.24, 2.45) is 0 Å². The molecule has 24 heavy (non-hydrogen) atoms. The summed E-state index contributed by atoms with van der Waals surface area (Å²) in [6.45, 7) is 7.20. The minimum Gasteiger partial charge on any atom is -0.450 e. The summed E-state index contributed by atoms with van der Waals surface area (Å²) in [6, 6.07) is 0.151. The Labute approximate surface area is 143 Å². The molecule has 0 saturated carbocycles. The number of nitrogens with one attached hydrogen (secondary N) is 1. The monoisotopic (exact) mass is 339 g/mol. The average Bonchev–Trinajstić information content (AvgIpc) is 2.55. The summed E-state index contributed by atoms with van der Waals surface area (Å²) in [4.78, 5) is 39.8. The second-order valence-electron chi connectivity index (χ2n) is 6.78. The number of likely N-dealkylation sites (tertiary alicyclic amines) is 2. The van der Waals surface area contributed by atoms with Gasteiger partial charge in [0, 0.05) is 31.2 Å². The summed E-state index contributed by atoms with van der Waals surface area (Å²) in [5.41, 5.74) is 0. The van der Waals surface area contributed by atoms with Crippen molar-refractivity contribution in [1.82, 2.24) is 15.1 Å². The third-order valence-corrected chi connectivity index (χ3v) is 4.98. The van der Waals surface area contributed by atoms with Gasteiger partial charge in [0.25, 0.3) is 0 Å². The highest BCUT2D eigenvalue weighted by Gasteiger charge is 2.34. The number of piperidine rings is 2. The van der Waals surface area contributed by atoms with E-state index in [1.165, 1.54) is 0 Å². The predicted octanol–water partition coefficient (Wildman–Crippen LogP) is 1.51. The maximum Gasteiger partial charge on any atom is 0.409 e. The third kappa shape index (κ3) is 4.39. The number of rotatable bonds is 2. The zero-order valence-electron chi connectivity index (χ0n) is 14.9. The Kier molecular flexibility index (Phi) is 6.45. The van der Waals surface area contributed by atoms with Crippen LogP contribution in [0.2, 0.25) is 0 Å². The van der Waals surface area contributed by atoms with Crippen molar-refractivity contribution in [3.8, 4) is 0 Å².